The Morgan fingerprint density at radius 1 is 1.52 bits per heavy atom. The van der Waals surface area contributed by atoms with E-state index in [1.807, 2.05) is 7.05 Å². The Labute approximate surface area is 134 Å². The quantitative estimate of drug-likeness (QED) is 0.702. The molecule has 21 heavy (non-hydrogen) atoms. The number of likely N-dealkylation sites (tertiary alicyclic amines) is 1. The SMILES string of the molecule is CCCNCc1cc(S(=O)(=O)NC2CCN(C)C2)c(Br)o1. The van der Waals surface area contributed by atoms with Gasteiger partial charge in [-0.3, -0.25) is 0 Å². The van der Waals surface area contributed by atoms with Crippen LogP contribution >= 0.6 is 15.9 Å². The molecule has 0 bridgehead atoms. The van der Waals surface area contributed by atoms with Crippen molar-refractivity contribution in [3.8, 4) is 0 Å². The topological polar surface area (TPSA) is 74.6 Å². The van der Waals surface area contributed by atoms with Gasteiger partial charge < -0.3 is 14.6 Å². The van der Waals surface area contributed by atoms with Gasteiger partial charge in [-0.1, -0.05) is 6.92 Å². The molecular weight excluding hydrogens is 358 g/mol. The highest BCUT2D eigenvalue weighted by Gasteiger charge is 2.28. The van der Waals surface area contributed by atoms with Gasteiger partial charge in [0.1, 0.15) is 10.7 Å². The summed E-state index contributed by atoms with van der Waals surface area (Å²) in [4.78, 5) is 2.28. The molecule has 0 aromatic carbocycles. The molecule has 0 spiro atoms. The third kappa shape index (κ3) is 4.53. The number of likely N-dealkylation sites (N-methyl/N-ethyl adjacent to an activating group) is 1. The van der Waals surface area contributed by atoms with E-state index in [0.29, 0.717) is 12.3 Å². The highest BCUT2D eigenvalue weighted by molar-refractivity contribution is 9.10. The van der Waals surface area contributed by atoms with Crippen molar-refractivity contribution < 1.29 is 12.8 Å². The minimum atomic E-state index is -3.55. The van der Waals surface area contributed by atoms with Crippen LogP contribution in [0.3, 0.4) is 0 Å². The van der Waals surface area contributed by atoms with E-state index in [2.05, 4.69) is 37.8 Å². The van der Waals surface area contributed by atoms with Crippen LogP contribution in [0.25, 0.3) is 0 Å². The van der Waals surface area contributed by atoms with Gasteiger partial charge in [0.25, 0.3) is 0 Å². The van der Waals surface area contributed by atoms with Gasteiger partial charge in [-0.25, -0.2) is 13.1 Å². The van der Waals surface area contributed by atoms with Crippen molar-refractivity contribution in [2.24, 2.45) is 0 Å². The molecule has 0 saturated carbocycles. The second kappa shape index (κ2) is 7.23. The van der Waals surface area contributed by atoms with E-state index in [1.54, 1.807) is 6.07 Å². The predicted molar refractivity (Wildman–Crippen MR) is 84.6 cm³/mol. The van der Waals surface area contributed by atoms with E-state index in [4.69, 9.17) is 4.42 Å². The van der Waals surface area contributed by atoms with Crippen LogP contribution in [-0.4, -0.2) is 46.0 Å². The minimum absolute atomic E-state index is 0.0385. The summed E-state index contributed by atoms with van der Waals surface area (Å²) in [6, 6.07) is 1.54. The van der Waals surface area contributed by atoms with Gasteiger partial charge in [0.2, 0.25) is 10.0 Å². The Kier molecular flexibility index (Phi) is 5.84. The van der Waals surface area contributed by atoms with Gasteiger partial charge in [0.15, 0.2) is 4.67 Å². The molecule has 0 amide bonds. The summed E-state index contributed by atoms with van der Waals surface area (Å²) in [5, 5.41) is 3.19. The van der Waals surface area contributed by atoms with E-state index in [-0.39, 0.29) is 15.6 Å². The lowest BCUT2D eigenvalue weighted by atomic mass is 10.3. The Morgan fingerprint density at radius 2 is 2.29 bits per heavy atom. The Morgan fingerprint density at radius 3 is 2.90 bits per heavy atom. The zero-order valence-electron chi connectivity index (χ0n) is 12.4. The zero-order valence-corrected chi connectivity index (χ0v) is 14.8. The third-order valence-corrected chi connectivity index (χ3v) is 5.81. The molecule has 0 radical (unpaired) electrons. The molecule has 1 unspecified atom stereocenters. The number of rotatable bonds is 7. The molecule has 2 heterocycles. The molecule has 2 rings (SSSR count). The summed E-state index contributed by atoms with van der Waals surface area (Å²) in [6.07, 6.45) is 1.85. The largest absolute Gasteiger partial charge is 0.452 e. The third-order valence-electron chi connectivity index (χ3n) is 3.44. The van der Waals surface area contributed by atoms with Crippen LogP contribution in [-0.2, 0) is 16.6 Å². The molecule has 8 heteroatoms. The van der Waals surface area contributed by atoms with Crippen molar-refractivity contribution in [2.45, 2.75) is 37.2 Å². The van der Waals surface area contributed by atoms with Crippen LogP contribution in [0.1, 0.15) is 25.5 Å². The maximum absolute atomic E-state index is 12.4. The van der Waals surface area contributed by atoms with Crippen LogP contribution in [0.5, 0.6) is 0 Å². The fraction of sp³-hybridized carbons (Fsp3) is 0.692. The normalized spacial score (nSPS) is 20.2. The summed E-state index contributed by atoms with van der Waals surface area (Å²) >= 11 is 3.20. The first kappa shape index (κ1) is 17.0. The molecule has 0 aliphatic carbocycles. The van der Waals surface area contributed by atoms with Crippen LogP contribution < -0.4 is 10.0 Å². The van der Waals surface area contributed by atoms with Crippen LogP contribution in [0, 0.1) is 0 Å². The van der Waals surface area contributed by atoms with Crippen molar-refractivity contribution in [1.29, 1.82) is 0 Å². The summed E-state index contributed by atoms with van der Waals surface area (Å²) < 4.78 is 33.3. The molecule has 1 fully saturated rings. The van der Waals surface area contributed by atoms with Crippen LogP contribution in [0.4, 0.5) is 0 Å². The summed E-state index contributed by atoms with van der Waals surface area (Å²) in [7, 11) is -1.57. The number of halogens is 1. The Bertz CT molecular complexity index is 573. The number of nitrogens with zero attached hydrogens (tertiary/aromatic N) is 1. The van der Waals surface area contributed by atoms with Gasteiger partial charge in [-0.2, -0.15) is 0 Å². The summed E-state index contributed by atoms with van der Waals surface area (Å²) in [5.41, 5.74) is 0. The highest BCUT2D eigenvalue weighted by atomic mass is 79.9. The Hall–Kier alpha value is -0.410. The molecule has 1 aromatic rings. The molecule has 1 saturated heterocycles. The fourth-order valence-corrected chi connectivity index (χ4v) is 4.63. The van der Waals surface area contributed by atoms with E-state index in [9.17, 15) is 8.42 Å². The first-order valence-corrected chi connectivity index (χ1v) is 9.39. The van der Waals surface area contributed by atoms with Crippen molar-refractivity contribution >= 4 is 26.0 Å². The summed E-state index contributed by atoms with van der Waals surface area (Å²) in [6.45, 7) is 5.11. The van der Waals surface area contributed by atoms with Gasteiger partial charge >= 0.3 is 0 Å². The molecular formula is C13H22BrN3O3S. The molecule has 120 valence electrons. The second-order valence-electron chi connectivity index (χ2n) is 5.40. The molecule has 1 atom stereocenters. The first-order chi connectivity index (χ1) is 9.92. The smallest absolute Gasteiger partial charge is 0.245 e. The van der Waals surface area contributed by atoms with Gasteiger partial charge in [0.05, 0.1) is 6.54 Å². The zero-order chi connectivity index (χ0) is 15.5. The minimum Gasteiger partial charge on any atom is -0.452 e. The van der Waals surface area contributed by atoms with E-state index in [0.717, 1.165) is 32.5 Å². The maximum Gasteiger partial charge on any atom is 0.245 e. The van der Waals surface area contributed by atoms with Crippen LogP contribution in [0.15, 0.2) is 20.0 Å². The number of sulfonamides is 1. The molecule has 1 aliphatic heterocycles. The first-order valence-electron chi connectivity index (χ1n) is 7.12. The van der Waals surface area contributed by atoms with E-state index < -0.39 is 10.0 Å². The number of nitrogens with one attached hydrogen (secondary N) is 2. The average Bonchev–Trinajstić information content (AvgIpc) is 2.96. The lowest BCUT2D eigenvalue weighted by Crippen LogP contribution is -2.36. The standard InChI is InChI=1S/C13H22BrN3O3S/c1-3-5-15-8-11-7-12(13(14)20-11)21(18,19)16-10-4-6-17(2)9-10/h7,10,15-16H,3-6,8-9H2,1-2H3. The lowest BCUT2D eigenvalue weighted by Gasteiger charge is -2.12. The average molecular weight is 380 g/mol. The number of hydrogen-bond acceptors (Lipinski definition) is 5. The van der Waals surface area contributed by atoms with Crippen LogP contribution in [0.2, 0.25) is 0 Å². The van der Waals surface area contributed by atoms with Crippen molar-refractivity contribution in [3.05, 3.63) is 16.5 Å². The molecule has 1 aromatic heterocycles. The highest BCUT2D eigenvalue weighted by Crippen LogP contribution is 2.26. The molecule has 2 N–H and O–H groups in total. The van der Waals surface area contributed by atoms with Gasteiger partial charge in [0, 0.05) is 18.7 Å². The van der Waals surface area contributed by atoms with E-state index >= 15 is 0 Å². The monoisotopic (exact) mass is 379 g/mol. The lowest BCUT2D eigenvalue weighted by molar-refractivity contribution is 0.407. The summed E-state index contributed by atoms with van der Waals surface area (Å²) in [5.74, 6) is 0.610. The van der Waals surface area contributed by atoms with Crippen molar-refractivity contribution in [2.75, 3.05) is 26.7 Å². The number of furan rings is 1. The maximum atomic E-state index is 12.4. The van der Waals surface area contributed by atoms with Crippen molar-refractivity contribution in [3.63, 3.8) is 0 Å². The molecule has 6 nitrogen and oxygen atoms in total. The van der Waals surface area contributed by atoms with E-state index in [1.165, 1.54) is 0 Å². The number of hydrogen-bond donors (Lipinski definition) is 2. The second-order valence-corrected chi connectivity index (χ2v) is 7.80. The van der Waals surface area contributed by atoms with Crippen molar-refractivity contribution in [1.82, 2.24) is 14.9 Å². The van der Waals surface area contributed by atoms with Gasteiger partial charge in [-0.15, -0.1) is 0 Å². The Balaban J connectivity index is 2.05. The van der Waals surface area contributed by atoms with Gasteiger partial charge in [-0.05, 0) is 48.9 Å². The predicted octanol–water partition coefficient (Wildman–Crippen LogP) is 1.52. The fourth-order valence-electron chi connectivity index (χ4n) is 2.37. The molecule has 1 aliphatic rings.